The van der Waals surface area contributed by atoms with Crippen LogP contribution in [0.5, 0.6) is 0 Å². The Bertz CT molecular complexity index is 247. The van der Waals surface area contributed by atoms with Gasteiger partial charge in [-0.3, -0.25) is 4.79 Å². The summed E-state index contributed by atoms with van der Waals surface area (Å²) in [4.78, 5) is 14.5. The van der Waals surface area contributed by atoms with Gasteiger partial charge >= 0.3 is 0 Å². The fourth-order valence-corrected chi connectivity index (χ4v) is 2.90. The summed E-state index contributed by atoms with van der Waals surface area (Å²) in [6, 6.07) is 0.247. The highest BCUT2D eigenvalue weighted by Gasteiger charge is 2.26. The second-order valence-electron chi connectivity index (χ2n) is 6.00. The summed E-state index contributed by atoms with van der Waals surface area (Å²) in [5.41, 5.74) is 6.16. The molecule has 3 nitrogen and oxygen atoms in total. The summed E-state index contributed by atoms with van der Waals surface area (Å²) < 4.78 is 0. The van der Waals surface area contributed by atoms with Crippen LogP contribution in [0.2, 0.25) is 0 Å². The molecule has 19 heavy (non-hydrogen) atoms. The number of hydrogen-bond acceptors (Lipinski definition) is 2. The van der Waals surface area contributed by atoms with E-state index in [1.807, 2.05) is 0 Å². The molecule has 0 spiro atoms. The van der Waals surface area contributed by atoms with Gasteiger partial charge in [-0.25, -0.2) is 0 Å². The average Bonchev–Trinajstić information content (AvgIpc) is 2.41. The van der Waals surface area contributed by atoms with Gasteiger partial charge in [-0.15, -0.1) is 0 Å². The minimum Gasteiger partial charge on any atom is -0.343 e. The number of nitrogens with two attached hydrogens (primary N) is 1. The average molecular weight is 268 g/mol. The number of nitrogens with zero attached hydrogens (tertiary/aromatic N) is 1. The lowest BCUT2D eigenvalue weighted by Gasteiger charge is -2.30. The molecule has 1 rings (SSSR count). The molecule has 0 bridgehead atoms. The number of hydrogen-bond donors (Lipinski definition) is 1. The van der Waals surface area contributed by atoms with Crippen molar-refractivity contribution in [2.24, 2.45) is 11.7 Å². The van der Waals surface area contributed by atoms with Crippen LogP contribution >= 0.6 is 0 Å². The van der Waals surface area contributed by atoms with Crippen molar-refractivity contribution in [3.05, 3.63) is 0 Å². The summed E-state index contributed by atoms with van der Waals surface area (Å²) in [5, 5.41) is 0. The van der Waals surface area contributed by atoms with Gasteiger partial charge in [0.2, 0.25) is 5.91 Å². The predicted octanol–water partition coefficient (Wildman–Crippen LogP) is 3.32. The Hall–Kier alpha value is -0.570. The third-order valence-corrected chi connectivity index (χ3v) is 4.32. The summed E-state index contributed by atoms with van der Waals surface area (Å²) in [5.74, 6) is 0.760. The van der Waals surface area contributed by atoms with E-state index in [0.29, 0.717) is 18.2 Å². The molecule has 2 atom stereocenters. The Kier molecular flexibility index (Phi) is 8.11. The van der Waals surface area contributed by atoms with Crippen molar-refractivity contribution in [2.45, 2.75) is 77.7 Å². The van der Waals surface area contributed by atoms with Crippen molar-refractivity contribution in [3.63, 3.8) is 0 Å². The molecular formula is C16H32N2O. The van der Waals surface area contributed by atoms with E-state index >= 15 is 0 Å². The highest BCUT2D eigenvalue weighted by Crippen LogP contribution is 2.26. The van der Waals surface area contributed by atoms with Gasteiger partial charge in [-0.05, 0) is 31.6 Å². The first kappa shape index (κ1) is 16.5. The maximum Gasteiger partial charge on any atom is 0.222 e. The molecule has 2 unspecified atom stereocenters. The highest BCUT2D eigenvalue weighted by molar-refractivity contribution is 5.76. The third-order valence-electron chi connectivity index (χ3n) is 4.32. The van der Waals surface area contributed by atoms with Gasteiger partial charge in [-0.1, -0.05) is 39.5 Å². The number of amides is 1. The molecule has 0 aromatic heterocycles. The van der Waals surface area contributed by atoms with Crippen LogP contribution in [0.1, 0.15) is 71.6 Å². The molecule has 1 aliphatic rings. The summed E-state index contributed by atoms with van der Waals surface area (Å²) in [6.45, 7) is 6.22. The molecule has 0 aliphatic heterocycles. The zero-order chi connectivity index (χ0) is 14.1. The minimum absolute atomic E-state index is 0.247. The zero-order valence-electron chi connectivity index (χ0n) is 12.9. The van der Waals surface area contributed by atoms with Crippen LogP contribution in [0.3, 0.4) is 0 Å². The van der Waals surface area contributed by atoms with Crippen LogP contribution in [0, 0.1) is 5.92 Å². The lowest BCUT2D eigenvalue weighted by molar-refractivity contribution is -0.132. The highest BCUT2D eigenvalue weighted by atomic mass is 16.2. The number of carbonyl (C=O) groups excluding carboxylic acids is 1. The molecule has 0 radical (unpaired) electrons. The first-order valence-electron chi connectivity index (χ1n) is 8.22. The fourth-order valence-electron chi connectivity index (χ4n) is 2.90. The molecule has 1 aliphatic carbocycles. The quantitative estimate of drug-likeness (QED) is 0.734. The Morgan fingerprint density at radius 1 is 1.11 bits per heavy atom. The molecule has 0 aromatic rings. The van der Waals surface area contributed by atoms with Crippen LogP contribution in [0.4, 0.5) is 0 Å². The molecule has 0 heterocycles. The van der Waals surface area contributed by atoms with E-state index in [0.717, 1.165) is 51.6 Å². The van der Waals surface area contributed by atoms with Gasteiger partial charge in [-0.2, -0.15) is 0 Å². The van der Waals surface area contributed by atoms with E-state index in [-0.39, 0.29) is 6.04 Å². The molecule has 2 N–H and O–H groups in total. The van der Waals surface area contributed by atoms with Gasteiger partial charge in [0.15, 0.2) is 0 Å². The lowest BCUT2D eigenvalue weighted by atomic mass is 9.82. The second-order valence-corrected chi connectivity index (χ2v) is 6.00. The van der Waals surface area contributed by atoms with E-state index in [1.165, 1.54) is 12.8 Å². The van der Waals surface area contributed by atoms with E-state index in [9.17, 15) is 4.79 Å². The fraction of sp³-hybridized carbons (Fsp3) is 0.938. The van der Waals surface area contributed by atoms with E-state index in [1.54, 1.807) is 0 Å². The van der Waals surface area contributed by atoms with Crippen LogP contribution in [-0.4, -0.2) is 29.9 Å². The van der Waals surface area contributed by atoms with Crippen LogP contribution < -0.4 is 5.73 Å². The van der Waals surface area contributed by atoms with Crippen molar-refractivity contribution < 1.29 is 4.79 Å². The van der Waals surface area contributed by atoms with Gasteiger partial charge < -0.3 is 10.6 Å². The molecular weight excluding hydrogens is 236 g/mol. The summed E-state index contributed by atoms with van der Waals surface area (Å²) in [6.07, 6.45) is 9.94. The minimum atomic E-state index is 0.247. The maximum absolute atomic E-state index is 12.4. The predicted molar refractivity (Wildman–Crippen MR) is 80.9 cm³/mol. The standard InChI is InChI=1S/C16H32N2O/c1-3-5-11-18(12-6-4-2)16(19)13-14-9-7-8-10-15(14)17/h14-15H,3-13,17H2,1-2H3. The second kappa shape index (κ2) is 9.35. The smallest absolute Gasteiger partial charge is 0.222 e. The van der Waals surface area contributed by atoms with Crippen molar-refractivity contribution in [3.8, 4) is 0 Å². The van der Waals surface area contributed by atoms with Crippen molar-refractivity contribution in [1.29, 1.82) is 0 Å². The SMILES string of the molecule is CCCCN(CCCC)C(=O)CC1CCCCC1N. The van der Waals surface area contributed by atoms with E-state index in [2.05, 4.69) is 18.7 Å². The third kappa shape index (κ3) is 5.94. The largest absolute Gasteiger partial charge is 0.343 e. The number of carbonyl (C=O) groups is 1. The monoisotopic (exact) mass is 268 g/mol. The van der Waals surface area contributed by atoms with Crippen LogP contribution in [-0.2, 0) is 4.79 Å². The van der Waals surface area contributed by atoms with Crippen LogP contribution in [0.15, 0.2) is 0 Å². The van der Waals surface area contributed by atoms with Crippen molar-refractivity contribution in [2.75, 3.05) is 13.1 Å². The van der Waals surface area contributed by atoms with Crippen molar-refractivity contribution in [1.82, 2.24) is 4.90 Å². The lowest BCUT2D eigenvalue weighted by Crippen LogP contribution is -2.39. The van der Waals surface area contributed by atoms with Gasteiger partial charge in [0.25, 0.3) is 0 Å². The normalized spacial score (nSPS) is 23.3. The summed E-state index contributed by atoms with van der Waals surface area (Å²) in [7, 11) is 0. The first-order chi connectivity index (χ1) is 9.19. The molecule has 0 aromatic carbocycles. The first-order valence-corrected chi connectivity index (χ1v) is 8.22. The maximum atomic E-state index is 12.4. The van der Waals surface area contributed by atoms with Gasteiger partial charge in [0, 0.05) is 25.6 Å². The molecule has 3 heteroatoms. The molecule has 1 saturated carbocycles. The number of rotatable bonds is 8. The Morgan fingerprint density at radius 3 is 2.21 bits per heavy atom. The van der Waals surface area contributed by atoms with E-state index < -0.39 is 0 Å². The zero-order valence-corrected chi connectivity index (χ0v) is 12.9. The molecule has 0 saturated heterocycles. The van der Waals surface area contributed by atoms with Gasteiger partial charge in [0.1, 0.15) is 0 Å². The Labute approximate surface area is 118 Å². The summed E-state index contributed by atoms with van der Waals surface area (Å²) >= 11 is 0. The molecule has 112 valence electrons. The molecule has 1 fully saturated rings. The molecule has 1 amide bonds. The Morgan fingerprint density at radius 2 is 1.68 bits per heavy atom. The van der Waals surface area contributed by atoms with Crippen molar-refractivity contribution >= 4 is 5.91 Å². The topological polar surface area (TPSA) is 46.3 Å². The number of unbranched alkanes of at least 4 members (excludes halogenated alkanes) is 2. The Balaban J connectivity index is 2.44. The van der Waals surface area contributed by atoms with E-state index in [4.69, 9.17) is 5.73 Å². The van der Waals surface area contributed by atoms with Crippen LogP contribution in [0.25, 0.3) is 0 Å². The van der Waals surface area contributed by atoms with Gasteiger partial charge in [0.05, 0.1) is 0 Å².